The van der Waals surface area contributed by atoms with Gasteiger partial charge in [-0.05, 0) is 34.8 Å². The highest BCUT2D eigenvalue weighted by Crippen LogP contribution is 2.27. The minimum atomic E-state index is -0.168. The summed E-state index contributed by atoms with van der Waals surface area (Å²) in [6.07, 6.45) is 11.8. The molecular weight excluding hydrogens is 332 g/mol. The van der Waals surface area contributed by atoms with Gasteiger partial charge in [0.1, 0.15) is 0 Å². The number of hydrogen-bond acceptors (Lipinski definition) is 3. The molecule has 1 fully saturated rings. The summed E-state index contributed by atoms with van der Waals surface area (Å²) in [5, 5.41) is 4.67. The second-order valence-corrected chi connectivity index (χ2v) is 6.50. The van der Waals surface area contributed by atoms with Crippen LogP contribution < -0.4 is 11.2 Å². The van der Waals surface area contributed by atoms with Crippen molar-refractivity contribution in [2.45, 2.75) is 44.7 Å². The van der Waals surface area contributed by atoms with Gasteiger partial charge in [0.25, 0.3) is 0 Å². The Kier molecular flexibility index (Phi) is 4.14. The van der Waals surface area contributed by atoms with Crippen LogP contribution in [0.4, 0.5) is 5.69 Å². The molecule has 1 saturated carbocycles. The number of hydrogen-bond donors (Lipinski definition) is 1. The van der Waals surface area contributed by atoms with Gasteiger partial charge >= 0.3 is 0 Å². The molecule has 0 amide bonds. The van der Waals surface area contributed by atoms with Crippen LogP contribution in [0.1, 0.15) is 43.8 Å². The van der Waals surface area contributed by atoms with Gasteiger partial charge in [-0.1, -0.05) is 19.3 Å². The number of nitrogens with zero attached hydrogens (tertiary/aromatic N) is 3. The third kappa shape index (κ3) is 3.20. The largest absolute Gasteiger partial charge is 0.394 e. The van der Waals surface area contributed by atoms with Crippen LogP contribution in [-0.2, 0) is 6.54 Å². The molecule has 0 aromatic carbocycles. The van der Waals surface area contributed by atoms with Crippen molar-refractivity contribution in [2.75, 3.05) is 5.73 Å². The standard InChI is InChI=1S/C15H19BrN4O/c16-13-9-19(10-14(17)15(13)21)8-11-6-7-20(18-11)12-4-2-1-3-5-12/h6-7,9-10,12H,1-5,8,17H2. The Morgan fingerprint density at radius 2 is 2.05 bits per heavy atom. The van der Waals surface area contributed by atoms with E-state index in [2.05, 4.69) is 31.9 Å². The van der Waals surface area contributed by atoms with E-state index in [0.717, 1.165) is 5.69 Å². The van der Waals surface area contributed by atoms with Gasteiger partial charge in [0.05, 0.1) is 28.4 Å². The average Bonchev–Trinajstić information content (AvgIpc) is 2.94. The normalized spacial score (nSPS) is 16.2. The summed E-state index contributed by atoms with van der Waals surface area (Å²) in [4.78, 5) is 11.6. The summed E-state index contributed by atoms with van der Waals surface area (Å²) in [5.74, 6) is 0. The third-order valence-corrected chi connectivity index (χ3v) is 4.59. The van der Waals surface area contributed by atoms with E-state index >= 15 is 0 Å². The number of nitrogen functional groups attached to an aromatic ring is 1. The lowest BCUT2D eigenvalue weighted by atomic mass is 9.96. The predicted octanol–water partition coefficient (Wildman–Crippen LogP) is 2.94. The molecule has 2 aromatic rings. The fraction of sp³-hybridized carbons (Fsp3) is 0.467. The first-order valence-corrected chi connectivity index (χ1v) is 8.12. The highest BCUT2D eigenvalue weighted by atomic mass is 79.9. The summed E-state index contributed by atoms with van der Waals surface area (Å²) < 4.78 is 4.46. The van der Waals surface area contributed by atoms with Gasteiger partial charge in [0.2, 0.25) is 5.43 Å². The minimum Gasteiger partial charge on any atom is -0.394 e. The molecule has 0 saturated heterocycles. The van der Waals surface area contributed by atoms with Crippen molar-refractivity contribution in [1.82, 2.24) is 14.3 Å². The molecule has 2 aromatic heterocycles. The molecule has 0 bridgehead atoms. The van der Waals surface area contributed by atoms with Crippen molar-refractivity contribution in [3.8, 4) is 0 Å². The van der Waals surface area contributed by atoms with Gasteiger partial charge in [-0.2, -0.15) is 5.10 Å². The maximum atomic E-state index is 11.6. The molecule has 21 heavy (non-hydrogen) atoms. The van der Waals surface area contributed by atoms with E-state index in [4.69, 9.17) is 5.73 Å². The fourth-order valence-electron chi connectivity index (χ4n) is 2.91. The summed E-state index contributed by atoms with van der Waals surface area (Å²) >= 11 is 3.24. The van der Waals surface area contributed by atoms with E-state index in [0.29, 0.717) is 17.1 Å². The van der Waals surface area contributed by atoms with Gasteiger partial charge in [-0.3, -0.25) is 9.48 Å². The SMILES string of the molecule is Nc1cn(Cc2ccn(C3CCCCC3)n2)cc(Br)c1=O. The second kappa shape index (κ2) is 6.05. The lowest BCUT2D eigenvalue weighted by Gasteiger charge is -2.21. The Balaban J connectivity index is 1.76. The van der Waals surface area contributed by atoms with Gasteiger partial charge in [-0.25, -0.2) is 0 Å². The van der Waals surface area contributed by atoms with Crippen LogP contribution in [0.3, 0.4) is 0 Å². The Hall–Kier alpha value is -1.56. The number of pyridine rings is 1. The van der Waals surface area contributed by atoms with Gasteiger partial charge in [-0.15, -0.1) is 0 Å². The first-order valence-electron chi connectivity index (χ1n) is 7.32. The van der Waals surface area contributed by atoms with Crippen LogP contribution in [0, 0.1) is 0 Å². The summed E-state index contributed by atoms with van der Waals surface area (Å²) in [6, 6.07) is 2.58. The zero-order valence-corrected chi connectivity index (χ0v) is 13.4. The van der Waals surface area contributed by atoms with Crippen LogP contribution in [-0.4, -0.2) is 14.3 Å². The second-order valence-electron chi connectivity index (χ2n) is 5.64. The van der Waals surface area contributed by atoms with E-state index in [-0.39, 0.29) is 11.1 Å². The van der Waals surface area contributed by atoms with Crippen molar-refractivity contribution in [2.24, 2.45) is 0 Å². The van der Waals surface area contributed by atoms with Crippen LogP contribution >= 0.6 is 15.9 Å². The third-order valence-electron chi connectivity index (χ3n) is 4.02. The molecule has 0 atom stereocenters. The molecule has 0 spiro atoms. The molecule has 5 nitrogen and oxygen atoms in total. The maximum Gasteiger partial charge on any atom is 0.218 e. The van der Waals surface area contributed by atoms with Crippen molar-refractivity contribution in [3.63, 3.8) is 0 Å². The van der Waals surface area contributed by atoms with E-state index in [1.165, 1.54) is 32.1 Å². The zero-order valence-electron chi connectivity index (χ0n) is 11.8. The molecule has 3 rings (SSSR count). The first-order chi connectivity index (χ1) is 10.1. The molecule has 1 aliphatic carbocycles. The Labute approximate surface area is 131 Å². The monoisotopic (exact) mass is 350 g/mol. The highest BCUT2D eigenvalue weighted by Gasteiger charge is 2.16. The van der Waals surface area contributed by atoms with Gasteiger partial charge in [0.15, 0.2) is 0 Å². The van der Waals surface area contributed by atoms with Crippen molar-refractivity contribution < 1.29 is 0 Å². The number of nitrogens with two attached hydrogens (primary N) is 1. The molecular formula is C15H19BrN4O. The highest BCUT2D eigenvalue weighted by molar-refractivity contribution is 9.10. The molecule has 1 aliphatic rings. The minimum absolute atomic E-state index is 0.168. The van der Waals surface area contributed by atoms with E-state index in [1.54, 1.807) is 12.4 Å². The Bertz CT molecular complexity index is 659. The van der Waals surface area contributed by atoms with Crippen LogP contribution in [0.2, 0.25) is 0 Å². The maximum absolute atomic E-state index is 11.6. The summed E-state index contributed by atoms with van der Waals surface area (Å²) in [7, 11) is 0. The lowest BCUT2D eigenvalue weighted by molar-refractivity contribution is 0.328. The zero-order chi connectivity index (χ0) is 14.8. The molecule has 0 unspecified atom stereocenters. The van der Waals surface area contributed by atoms with Gasteiger partial charge < -0.3 is 10.3 Å². The first kappa shape index (κ1) is 14.4. The van der Waals surface area contributed by atoms with Crippen molar-refractivity contribution in [1.29, 1.82) is 0 Å². The van der Waals surface area contributed by atoms with Crippen LogP contribution in [0.25, 0.3) is 0 Å². The average molecular weight is 351 g/mol. The van der Waals surface area contributed by atoms with Crippen molar-refractivity contribution >= 4 is 21.6 Å². The fourth-order valence-corrected chi connectivity index (χ4v) is 3.40. The lowest BCUT2D eigenvalue weighted by Crippen LogP contribution is -2.15. The van der Waals surface area contributed by atoms with Gasteiger partial charge in [0, 0.05) is 18.6 Å². The smallest absolute Gasteiger partial charge is 0.218 e. The molecule has 2 heterocycles. The molecule has 112 valence electrons. The molecule has 2 N–H and O–H groups in total. The number of rotatable bonds is 3. The number of aromatic nitrogens is 3. The van der Waals surface area contributed by atoms with Crippen LogP contribution in [0.5, 0.6) is 0 Å². The quantitative estimate of drug-likeness (QED) is 0.925. The molecule has 0 radical (unpaired) electrons. The molecule has 0 aliphatic heterocycles. The van der Waals surface area contributed by atoms with E-state index in [9.17, 15) is 4.79 Å². The molecule has 6 heteroatoms. The van der Waals surface area contributed by atoms with E-state index < -0.39 is 0 Å². The summed E-state index contributed by atoms with van der Waals surface area (Å²) in [5.41, 5.74) is 6.77. The number of anilines is 1. The topological polar surface area (TPSA) is 65.8 Å². The Morgan fingerprint density at radius 3 is 2.76 bits per heavy atom. The Morgan fingerprint density at radius 1 is 1.29 bits per heavy atom. The number of halogens is 1. The summed E-state index contributed by atoms with van der Waals surface area (Å²) in [6.45, 7) is 0.614. The van der Waals surface area contributed by atoms with Crippen molar-refractivity contribution in [3.05, 3.63) is 45.0 Å². The van der Waals surface area contributed by atoms with E-state index in [1.807, 2.05) is 10.6 Å². The van der Waals surface area contributed by atoms with Crippen LogP contribution in [0.15, 0.2) is 33.9 Å². The predicted molar refractivity (Wildman–Crippen MR) is 86.3 cm³/mol.